The van der Waals surface area contributed by atoms with Gasteiger partial charge in [-0.25, -0.2) is 0 Å². The van der Waals surface area contributed by atoms with E-state index in [1.54, 1.807) is 6.07 Å². The van der Waals surface area contributed by atoms with Crippen LogP contribution in [0.25, 0.3) is 0 Å². The molecule has 0 spiro atoms. The van der Waals surface area contributed by atoms with Crippen molar-refractivity contribution >= 4 is 5.91 Å². The zero-order valence-electron chi connectivity index (χ0n) is 17.6. The smallest absolute Gasteiger partial charge is 0.251 e. The highest BCUT2D eigenvalue weighted by molar-refractivity contribution is 5.94. The van der Waals surface area contributed by atoms with Crippen molar-refractivity contribution < 1.29 is 23.7 Å². The van der Waals surface area contributed by atoms with Crippen LogP contribution >= 0.6 is 0 Å². The monoisotopic (exact) mass is 419 g/mol. The minimum Gasteiger partial charge on any atom is -0.493 e. The molecule has 1 N–H and O–H groups in total. The molecular formula is C25H25NO5. The molecule has 1 heterocycles. The Morgan fingerprint density at radius 3 is 2.71 bits per heavy atom. The van der Waals surface area contributed by atoms with Gasteiger partial charge in [-0.1, -0.05) is 18.2 Å². The summed E-state index contributed by atoms with van der Waals surface area (Å²) in [6.07, 6.45) is 0. The van der Waals surface area contributed by atoms with E-state index in [4.69, 9.17) is 18.9 Å². The summed E-state index contributed by atoms with van der Waals surface area (Å²) in [5.74, 6) is 2.74. The molecule has 6 heteroatoms. The summed E-state index contributed by atoms with van der Waals surface area (Å²) in [5.41, 5.74) is 3.43. The van der Waals surface area contributed by atoms with Crippen LogP contribution in [0.1, 0.15) is 34.0 Å². The van der Waals surface area contributed by atoms with Crippen molar-refractivity contribution in [3.63, 3.8) is 0 Å². The van der Waals surface area contributed by atoms with Gasteiger partial charge in [0.05, 0.1) is 6.61 Å². The van der Waals surface area contributed by atoms with Crippen LogP contribution in [0.4, 0.5) is 0 Å². The number of carbonyl (C=O) groups excluding carboxylic acids is 1. The fraction of sp³-hybridized carbons (Fsp3) is 0.240. The highest BCUT2D eigenvalue weighted by atomic mass is 16.7. The Morgan fingerprint density at radius 1 is 1.00 bits per heavy atom. The molecule has 3 aromatic carbocycles. The van der Waals surface area contributed by atoms with Gasteiger partial charge in [0.15, 0.2) is 11.5 Å². The third kappa shape index (κ3) is 5.09. The lowest BCUT2D eigenvalue weighted by atomic mass is 10.1. The third-order valence-corrected chi connectivity index (χ3v) is 4.90. The van der Waals surface area contributed by atoms with Crippen LogP contribution in [0.2, 0.25) is 0 Å². The predicted molar refractivity (Wildman–Crippen MR) is 117 cm³/mol. The minimum atomic E-state index is -0.169. The zero-order chi connectivity index (χ0) is 21.6. The maximum Gasteiger partial charge on any atom is 0.251 e. The standard InChI is InChI=1S/C25H25NO5/c1-3-28-22-10-8-19(13-20(22)15-29-21-6-4-5-17(2)11-21)25(27)26-14-18-7-9-23-24(12-18)31-16-30-23/h4-13H,3,14-16H2,1-2H3,(H,26,27). The van der Waals surface area contributed by atoms with Crippen molar-refractivity contribution in [1.29, 1.82) is 0 Å². The highest BCUT2D eigenvalue weighted by Crippen LogP contribution is 2.32. The molecule has 1 aliphatic rings. The van der Waals surface area contributed by atoms with Crippen LogP contribution in [0.3, 0.4) is 0 Å². The molecule has 6 nitrogen and oxygen atoms in total. The van der Waals surface area contributed by atoms with Gasteiger partial charge in [0, 0.05) is 17.7 Å². The molecular weight excluding hydrogens is 394 g/mol. The predicted octanol–water partition coefficient (Wildman–Crippen LogP) is 4.63. The van der Waals surface area contributed by atoms with Crippen LogP contribution in [0.15, 0.2) is 60.7 Å². The number of rotatable bonds is 8. The van der Waals surface area contributed by atoms with Gasteiger partial charge in [-0.2, -0.15) is 0 Å². The van der Waals surface area contributed by atoms with Crippen molar-refractivity contribution in [3.8, 4) is 23.0 Å². The van der Waals surface area contributed by atoms with Gasteiger partial charge >= 0.3 is 0 Å². The second-order valence-electron chi connectivity index (χ2n) is 7.23. The van der Waals surface area contributed by atoms with E-state index in [0.717, 1.165) is 28.2 Å². The van der Waals surface area contributed by atoms with Crippen molar-refractivity contribution in [3.05, 3.63) is 82.9 Å². The van der Waals surface area contributed by atoms with Gasteiger partial charge in [-0.05, 0) is 67.4 Å². The molecule has 0 fully saturated rings. The fourth-order valence-electron chi connectivity index (χ4n) is 3.33. The number of nitrogens with one attached hydrogen (secondary N) is 1. The van der Waals surface area contributed by atoms with Crippen LogP contribution in [-0.2, 0) is 13.2 Å². The second kappa shape index (κ2) is 9.43. The van der Waals surface area contributed by atoms with Gasteiger partial charge < -0.3 is 24.3 Å². The van der Waals surface area contributed by atoms with E-state index in [1.807, 2.05) is 68.4 Å². The molecule has 0 saturated heterocycles. The summed E-state index contributed by atoms with van der Waals surface area (Å²) in [6.45, 7) is 5.40. The Labute approximate surface area is 181 Å². The highest BCUT2D eigenvalue weighted by Gasteiger charge is 2.15. The van der Waals surface area contributed by atoms with Gasteiger partial charge in [-0.15, -0.1) is 0 Å². The van der Waals surface area contributed by atoms with Crippen molar-refractivity contribution in [2.24, 2.45) is 0 Å². The summed E-state index contributed by atoms with van der Waals surface area (Å²) < 4.78 is 22.4. The van der Waals surface area contributed by atoms with E-state index >= 15 is 0 Å². The lowest BCUT2D eigenvalue weighted by molar-refractivity contribution is 0.0950. The average Bonchev–Trinajstić information content (AvgIpc) is 3.25. The van der Waals surface area contributed by atoms with E-state index in [2.05, 4.69) is 5.32 Å². The Kier molecular flexibility index (Phi) is 6.26. The normalized spacial score (nSPS) is 11.8. The van der Waals surface area contributed by atoms with Gasteiger partial charge in [0.1, 0.15) is 18.1 Å². The third-order valence-electron chi connectivity index (χ3n) is 4.90. The van der Waals surface area contributed by atoms with E-state index in [9.17, 15) is 4.79 Å². The number of ether oxygens (including phenoxy) is 4. The molecule has 0 aromatic heterocycles. The molecule has 0 atom stereocenters. The summed E-state index contributed by atoms with van der Waals surface area (Å²) in [6, 6.07) is 18.9. The molecule has 4 rings (SSSR count). The Balaban J connectivity index is 1.44. The maximum absolute atomic E-state index is 12.7. The molecule has 0 unspecified atom stereocenters. The minimum absolute atomic E-state index is 0.169. The summed E-state index contributed by atoms with van der Waals surface area (Å²) in [4.78, 5) is 12.7. The number of aryl methyl sites for hydroxylation is 1. The first-order valence-corrected chi connectivity index (χ1v) is 10.2. The van der Waals surface area contributed by atoms with Crippen LogP contribution in [0, 0.1) is 6.92 Å². The number of hydrogen-bond acceptors (Lipinski definition) is 5. The molecule has 3 aromatic rings. The topological polar surface area (TPSA) is 66.0 Å². The Morgan fingerprint density at radius 2 is 1.87 bits per heavy atom. The molecule has 0 saturated carbocycles. The van der Waals surface area contributed by atoms with E-state index in [0.29, 0.717) is 36.8 Å². The average molecular weight is 419 g/mol. The first-order valence-electron chi connectivity index (χ1n) is 10.2. The summed E-state index contributed by atoms with van der Waals surface area (Å²) >= 11 is 0. The van der Waals surface area contributed by atoms with Crippen LogP contribution in [-0.4, -0.2) is 19.3 Å². The summed E-state index contributed by atoms with van der Waals surface area (Å²) in [5, 5.41) is 2.95. The van der Waals surface area contributed by atoms with Crippen molar-refractivity contribution in [2.45, 2.75) is 27.0 Å². The van der Waals surface area contributed by atoms with Crippen LogP contribution < -0.4 is 24.3 Å². The quantitative estimate of drug-likeness (QED) is 0.577. The molecule has 0 bridgehead atoms. The molecule has 160 valence electrons. The zero-order valence-corrected chi connectivity index (χ0v) is 17.6. The van der Waals surface area contributed by atoms with Gasteiger partial charge in [0.2, 0.25) is 6.79 Å². The largest absolute Gasteiger partial charge is 0.493 e. The number of amides is 1. The summed E-state index contributed by atoms with van der Waals surface area (Å²) in [7, 11) is 0. The van der Waals surface area contributed by atoms with Gasteiger partial charge in [0.25, 0.3) is 5.91 Å². The fourth-order valence-corrected chi connectivity index (χ4v) is 3.33. The molecule has 1 aliphatic heterocycles. The Hall–Kier alpha value is -3.67. The van der Waals surface area contributed by atoms with Crippen molar-refractivity contribution in [1.82, 2.24) is 5.32 Å². The second-order valence-corrected chi connectivity index (χ2v) is 7.23. The molecule has 31 heavy (non-hydrogen) atoms. The number of benzene rings is 3. The molecule has 1 amide bonds. The SMILES string of the molecule is CCOc1ccc(C(=O)NCc2ccc3c(c2)OCO3)cc1COc1cccc(C)c1. The number of fused-ring (bicyclic) bond motifs is 1. The maximum atomic E-state index is 12.7. The lowest BCUT2D eigenvalue weighted by Crippen LogP contribution is -2.23. The number of carbonyl (C=O) groups is 1. The number of hydrogen-bond donors (Lipinski definition) is 1. The van der Waals surface area contributed by atoms with E-state index < -0.39 is 0 Å². The first kappa shape index (κ1) is 20.6. The molecule has 0 aliphatic carbocycles. The van der Waals surface area contributed by atoms with E-state index in [-0.39, 0.29) is 12.7 Å². The van der Waals surface area contributed by atoms with Gasteiger partial charge in [-0.3, -0.25) is 4.79 Å². The van der Waals surface area contributed by atoms with Crippen LogP contribution in [0.5, 0.6) is 23.0 Å². The lowest BCUT2D eigenvalue weighted by Gasteiger charge is -2.14. The van der Waals surface area contributed by atoms with Crippen molar-refractivity contribution in [2.75, 3.05) is 13.4 Å². The first-order chi connectivity index (χ1) is 15.1. The molecule has 0 radical (unpaired) electrons. The van der Waals surface area contributed by atoms with E-state index in [1.165, 1.54) is 0 Å². The Bertz CT molecular complexity index is 1080.